The van der Waals surface area contributed by atoms with Crippen LogP contribution in [0.4, 0.5) is 0 Å². The number of nitrogens with zero attached hydrogens (tertiary/aromatic N) is 4. The lowest BCUT2D eigenvalue weighted by Crippen LogP contribution is -1.93. The van der Waals surface area contributed by atoms with E-state index in [2.05, 4.69) is 15.1 Å². The molecule has 0 aliphatic heterocycles. The molecule has 6 heteroatoms. The molecular formula is C9H8Cl2N4. The summed E-state index contributed by atoms with van der Waals surface area (Å²) in [6, 6.07) is 1.65. The van der Waals surface area contributed by atoms with E-state index in [4.69, 9.17) is 23.2 Å². The minimum Gasteiger partial charge on any atom is -0.275 e. The lowest BCUT2D eigenvalue weighted by Gasteiger charge is -1.99. The Labute approximate surface area is 96.9 Å². The summed E-state index contributed by atoms with van der Waals surface area (Å²) < 4.78 is 1.68. The van der Waals surface area contributed by atoms with Gasteiger partial charge in [0.15, 0.2) is 5.82 Å². The fourth-order valence-corrected chi connectivity index (χ4v) is 1.54. The molecule has 0 saturated carbocycles. The van der Waals surface area contributed by atoms with Crippen LogP contribution in [-0.2, 0) is 12.9 Å². The monoisotopic (exact) mass is 242 g/mol. The van der Waals surface area contributed by atoms with E-state index < -0.39 is 0 Å². The first-order valence-corrected chi connectivity index (χ1v) is 5.19. The highest BCUT2D eigenvalue weighted by molar-refractivity contribution is 6.29. The van der Waals surface area contributed by atoms with Crippen LogP contribution in [0.1, 0.15) is 5.69 Å². The number of hydrogen-bond donors (Lipinski definition) is 0. The largest absolute Gasteiger partial charge is 0.275 e. The minimum atomic E-state index is 0.315. The molecule has 0 radical (unpaired) electrons. The van der Waals surface area contributed by atoms with E-state index in [0.29, 0.717) is 22.6 Å². The highest BCUT2D eigenvalue weighted by Crippen LogP contribution is 2.17. The van der Waals surface area contributed by atoms with Gasteiger partial charge in [0.1, 0.15) is 5.15 Å². The van der Waals surface area contributed by atoms with Crippen molar-refractivity contribution in [2.24, 2.45) is 7.05 Å². The van der Waals surface area contributed by atoms with Crippen molar-refractivity contribution >= 4 is 23.2 Å². The van der Waals surface area contributed by atoms with Gasteiger partial charge in [-0.1, -0.05) is 11.6 Å². The van der Waals surface area contributed by atoms with Crippen molar-refractivity contribution < 1.29 is 0 Å². The molecule has 15 heavy (non-hydrogen) atoms. The van der Waals surface area contributed by atoms with Crippen LogP contribution in [0.3, 0.4) is 0 Å². The number of rotatable bonds is 2. The third-order valence-corrected chi connectivity index (χ3v) is 2.32. The highest BCUT2D eigenvalue weighted by Gasteiger charge is 2.06. The molecule has 0 aliphatic rings. The van der Waals surface area contributed by atoms with Crippen LogP contribution in [0.25, 0.3) is 11.4 Å². The highest BCUT2D eigenvalue weighted by atomic mass is 35.5. The molecule has 0 atom stereocenters. The van der Waals surface area contributed by atoms with Gasteiger partial charge in [-0.3, -0.25) is 4.68 Å². The fraction of sp³-hybridized carbons (Fsp3) is 0.222. The predicted molar refractivity (Wildman–Crippen MR) is 58.8 cm³/mol. The van der Waals surface area contributed by atoms with E-state index >= 15 is 0 Å². The van der Waals surface area contributed by atoms with Gasteiger partial charge in [-0.15, -0.1) is 11.6 Å². The molecule has 0 N–H and O–H groups in total. The Kier molecular flexibility index (Phi) is 2.88. The van der Waals surface area contributed by atoms with E-state index in [0.717, 1.165) is 5.56 Å². The normalized spacial score (nSPS) is 10.6. The van der Waals surface area contributed by atoms with Gasteiger partial charge >= 0.3 is 0 Å². The molecule has 0 bridgehead atoms. The molecule has 78 valence electrons. The predicted octanol–water partition coefficient (Wildman–Crippen LogP) is 2.27. The Hall–Kier alpha value is -1.13. The van der Waals surface area contributed by atoms with Gasteiger partial charge in [-0.05, 0) is 6.07 Å². The maximum absolute atomic E-state index is 5.85. The van der Waals surface area contributed by atoms with Crippen molar-refractivity contribution in [2.75, 3.05) is 0 Å². The Morgan fingerprint density at radius 3 is 2.80 bits per heavy atom. The van der Waals surface area contributed by atoms with Crippen LogP contribution in [0.5, 0.6) is 0 Å². The summed E-state index contributed by atoms with van der Waals surface area (Å²) in [7, 11) is 1.83. The summed E-state index contributed by atoms with van der Waals surface area (Å²) in [6.45, 7) is 0. The van der Waals surface area contributed by atoms with Crippen LogP contribution in [-0.4, -0.2) is 19.7 Å². The van der Waals surface area contributed by atoms with Crippen molar-refractivity contribution in [1.82, 2.24) is 19.7 Å². The summed E-state index contributed by atoms with van der Waals surface area (Å²) in [5.74, 6) is 0.862. The number of halogens is 2. The van der Waals surface area contributed by atoms with Gasteiger partial charge in [0.2, 0.25) is 0 Å². The van der Waals surface area contributed by atoms with E-state index in [1.807, 2.05) is 13.2 Å². The van der Waals surface area contributed by atoms with Crippen LogP contribution in [0, 0.1) is 0 Å². The Morgan fingerprint density at radius 2 is 2.20 bits per heavy atom. The Balaban J connectivity index is 2.48. The van der Waals surface area contributed by atoms with E-state index in [1.165, 1.54) is 0 Å². The molecule has 2 heterocycles. The SMILES string of the molecule is Cn1cc(-c2nc(Cl)cc(CCl)n2)cn1. The second kappa shape index (κ2) is 4.16. The standard InChI is InChI=1S/C9H8Cl2N4/c1-15-5-6(4-12-15)9-13-7(3-10)2-8(11)14-9/h2,4-5H,3H2,1H3. The topological polar surface area (TPSA) is 43.6 Å². The second-order valence-electron chi connectivity index (χ2n) is 3.04. The molecule has 0 spiro atoms. The van der Waals surface area contributed by atoms with Crippen LogP contribution in [0.15, 0.2) is 18.5 Å². The number of alkyl halides is 1. The molecule has 2 rings (SSSR count). The number of hydrogen-bond acceptors (Lipinski definition) is 3. The molecule has 2 aromatic heterocycles. The maximum Gasteiger partial charge on any atom is 0.164 e. The second-order valence-corrected chi connectivity index (χ2v) is 3.70. The van der Waals surface area contributed by atoms with E-state index in [1.54, 1.807) is 16.9 Å². The van der Waals surface area contributed by atoms with Gasteiger partial charge in [0.05, 0.1) is 23.3 Å². The van der Waals surface area contributed by atoms with Gasteiger partial charge in [-0.2, -0.15) is 5.10 Å². The third-order valence-electron chi connectivity index (χ3n) is 1.85. The first kappa shape index (κ1) is 10.4. The molecule has 0 aromatic carbocycles. The Morgan fingerprint density at radius 1 is 1.40 bits per heavy atom. The molecular weight excluding hydrogens is 235 g/mol. The third kappa shape index (κ3) is 2.27. The average molecular weight is 243 g/mol. The average Bonchev–Trinajstić information content (AvgIpc) is 2.64. The van der Waals surface area contributed by atoms with Crippen LogP contribution >= 0.6 is 23.2 Å². The first-order chi connectivity index (χ1) is 7.19. The van der Waals surface area contributed by atoms with Crippen LogP contribution in [0.2, 0.25) is 5.15 Å². The Bertz CT molecular complexity index is 481. The van der Waals surface area contributed by atoms with Crippen molar-refractivity contribution in [1.29, 1.82) is 0 Å². The summed E-state index contributed by atoms with van der Waals surface area (Å²) >= 11 is 11.5. The van der Waals surface area contributed by atoms with Gasteiger partial charge in [0.25, 0.3) is 0 Å². The molecule has 0 amide bonds. The summed E-state index contributed by atoms with van der Waals surface area (Å²) in [5, 5.41) is 4.43. The van der Waals surface area contributed by atoms with Gasteiger partial charge in [-0.25, -0.2) is 9.97 Å². The first-order valence-electron chi connectivity index (χ1n) is 4.27. The van der Waals surface area contributed by atoms with E-state index in [9.17, 15) is 0 Å². The zero-order valence-electron chi connectivity index (χ0n) is 7.98. The van der Waals surface area contributed by atoms with Crippen molar-refractivity contribution in [2.45, 2.75) is 5.88 Å². The number of aryl methyl sites for hydroxylation is 1. The van der Waals surface area contributed by atoms with Gasteiger partial charge < -0.3 is 0 Å². The zero-order valence-corrected chi connectivity index (χ0v) is 9.50. The summed E-state index contributed by atoms with van der Waals surface area (Å²) in [4.78, 5) is 8.36. The number of aromatic nitrogens is 4. The maximum atomic E-state index is 5.85. The summed E-state index contributed by atoms with van der Waals surface area (Å²) in [6.07, 6.45) is 3.51. The van der Waals surface area contributed by atoms with Crippen LogP contribution < -0.4 is 0 Å². The van der Waals surface area contributed by atoms with Crippen molar-refractivity contribution in [3.8, 4) is 11.4 Å². The minimum absolute atomic E-state index is 0.315. The summed E-state index contributed by atoms with van der Waals surface area (Å²) in [5.41, 5.74) is 1.53. The van der Waals surface area contributed by atoms with Gasteiger partial charge in [0, 0.05) is 13.2 Å². The fourth-order valence-electron chi connectivity index (χ4n) is 1.20. The smallest absolute Gasteiger partial charge is 0.164 e. The quantitative estimate of drug-likeness (QED) is 0.600. The molecule has 2 aromatic rings. The molecule has 0 saturated heterocycles. The molecule has 0 unspecified atom stereocenters. The molecule has 4 nitrogen and oxygen atoms in total. The lowest BCUT2D eigenvalue weighted by atomic mass is 10.3. The lowest BCUT2D eigenvalue weighted by molar-refractivity contribution is 0.768. The van der Waals surface area contributed by atoms with Crippen molar-refractivity contribution in [3.63, 3.8) is 0 Å². The zero-order chi connectivity index (χ0) is 10.8. The molecule has 0 aliphatic carbocycles. The molecule has 0 fully saturated rings. The van der Waals surface area contributed by atoms with E-state index in [-0.39, 0.29) is 0 Å². The van der Waals surface area contributed by atoms with Crippen molar-refractivity contribution in [3.05, 3.63) is 29.3 Å².